The molecule has 3 heterocycles. The molecule has 156 valence electrons. The van der Waals surface area contributed by atoms with Crippen molar-refractivity contribution in [1.82, 2.24) is 4.40 Å². The van der Waals surface area contributed by atoms with E-state index < -0.39 is 0 Å². The maximum Gasteiger partial charge on any atom is 0.197 e. The van der Waals surface area contributed by atoms with E-state index in [2.05, 4.69) is 61.6 Å². The van der Waals surface area contributed by atoms with Crippen LogP contribution in [0.15, 0.2) is 70.3 Å². The fraction of sp³-hybridized carbons (Fsp3) is 0.133. The average molecular weight is 425 g/mol. The van der Waals surface area contributed by atoms with Crippen molar-refractivity contribution < 1.29 is 0 Å². The molecule has 33 heavy (non-hydrogen) atoms. The third-order valence-electron chi connectivity index (χ3n) is 7.72. The number of rotatable bonds is 0. The lowest BCUT2D eigenvalue weighted by molar-refractivity contribution is 0.591. The van der Waals surface area contributed by atoms with Crippen molar-refractivity contribution in [1.29, 1.82) is 0 Å². The van der Waals surface area contributed by atoms with Gasteiger partial charge in [-0.3, -0.25) is 9.59 Å². The molecule has 0 N–H and O–H groups in total. The van der Waals surface area contributed by atoms with Crippen LogP contribution >= 0.6 is 0 Å². The van der Waals surface area contributed by atoms with Gasteiger partial charge >= 0.3 is 0 Å². The van der Waals surface area contributed by atoms with Crippen molar-refractivity contribution >= 4 is 70.4 Å². The van der Waals surface area contributed by atoms with E-state index in [0.29, 0.717) is 21.5 Å². The molecule has 8 rings (SSSR count). The second-order valence-electron chi connectivity index (χ2n) is 10.5. The first-order valence-electron chi connectivity index (χ1n) is 11.4. The zero-order chi connectivity index (χ0) is 22.4. The van der Waals surface area contributed by atoms with E-state index in [9.17, 15) is 9.59 Å². The Kier molecular flexibility index (Phi) is 2.74. The largest absolute Gasteiger partial charge is 0.306 e. The zero-order valence-corrected chi connectivity index (χ0v) is 18.5. The number of pyridine rings is 3. The summed E-state index contributed by atoms with van der Waals surface area (Å²) >= 11 is 0. The molecule has 3 nitrogen and oxygen atoms in total. The number of hydrogen-bond acceptors (Lipinski definition) is 2. The normalized spacial score (nSPS) is 13.5. The quantitative estimate of drug-likeness (QED) is 0.202. The number of nitrogens with zero attached hydrogens (tertiary/aromatic N) is 1. The van der Waals surface area contributed by atoms with Crippen LogP contribution in [0.25, 0.3) is 70.4 Å². The summed E-state index contributed by atoms with van der Waals surface area (Å²) in [4.78, 5) is 27.8. The zero-order valence-electron chi connectivity index (χ0n) is 18.5. The minimum atomic E-state index is -0.180. The summed E-state index contributed by atoms with van der Waals surface area (Å²) < 4.78 is 2.22. The maximum absolute atomic E-state index is 13.9. The van der Waals surface area contributed by atoms with Gasteiger partial charge in [-0.15, -0.1) is 0 Å². The van der Waals surface area contributed by atoms with Gasteiger partial charge in [-0.1, -0.05) is 57.2 Å². The van der Waals surface area contributed by atoms with Gasteiger partial charge < -0.3 is 4.40 Å². The summed E-state index contributed by atoms with van der Waals surface area (Å²) in [6.45, 7) is 6.36. The first-order valence-corrected chi connectivity index (χ1v) is 11.4. The van der Waals surface area contributed by atoms with Crippen molar-refractivity contribution in [2.75, 3.05) is 0 Å². The van der Waals surface area contributed by atoms with E-state index in [0.717, 1.165) is 54.4 Å². The van der Waals surface area contributed by atoms with Gasteiger partial charge in [0.2, 0.25) is 0 Å². The monoisotopic (exact) mass is 425 g/mol. The van der Waals surface area contributed by atoms with E-state index in [4.69, 9.17) is 0 Å². The first kappa shape index (κ1) is 17.6. The van der Waals surface area contributed by atoms with Gasteiger partial charge in [0, 0.05) is 37.7 Å². The standard InChI is InChI=1S/C30H19NO2/c1-30(2,3)17-12-20-25-21(13-17)29(33)19-11-9-16-7-5-14-4-6-15-8-10-18(28(20)32)26-23(15)22(14)24(16)27(19)31(25)26/h4-13H,1-3H3. The summed E-state index contributed by atoms with van der Waals surface area (Å²) in [5.74, 6) is 0. The van der Waals surface area contributed by atoms with Crippen LogP contribution in [0.4, 0.5) is 0 Å². The van der Waals surface area contributed by atoms with Gasteiger partial charge in [0.05, 0.1) is 16.6 Å². The van der Waals surface area contributed by atoms with E-state index in [-0.39, 0.29) is 16.3 Å². The Balaban J connectivity index is 1.89. The third kappa shape index (κ3) is 1.82. The molecule has 0 saturated carbocycles. The van der Waals surface area contributed by atoms with E-state index in [1.54, 1.807) is 0 Å². The lowest BCUT2D eigenvalue weighted by Gasteiger charge is -2.25. The number of benzene rings is 5. The highest BCUT2D eigenvalue weighted by Crippen LogP contribution is 2.44. The predicted molar refractivity (Wildman–Crippen MR) is 138 cm³/mol. The van der Waals surface area contributed by atoms with Crippen molar-refractivity contribution in [2.24, 2.45) is 0 Å². The lowest BCUT2D eigenvalue weighted by Crippen LogP contribution is -2.19. The fourth-order valence-electron chi connectivity index (χ4n) is 6.12. The molecule has 3 aromatic heterocycles. The summed E-state index contributed by atoms with van der Waals surface area (Å²) in [6, 6.07) is 20.6. The van der Waals surface area contributed by atoms with Gasteiger partial charge in [0.1, 0.15) is 0 Å². The molecular formula is C30H19NO2. The summed E-state index contributed by atoms with van der Waals surface area (Å²) in [6.07, 6.45) is 0. The van der Waals surface area contributed by atoms with Crippen LogP contribution < -0.4 is 10.9 Å². The van der Waals surface area contributed by atoms with Gasteiger partial charge in [-0.25, -0.2) is 0 Å². The van der Waals surface area contributed by atoms with Crippen LogP contribution in [-0.2, 0) is 5.41 Å². The summed E-state index contributed by atoms with van der Waals surface area (Å²) in [7, 11) is 0. The van der Waals surface area contributed by atoms with E-state index in [1.807, 2.05) is 24.3 Å². The highest BCUT2D eigenvalue weighted by molar-refractivity contribution is 6.35. The van der Waals surface area contributed by atoms with Crippen molar-refractivity contribution in [2.45, 2.75) is 26.2 Å². The molecule has 5 aromatic carbocycles. The van der Waals surface area contributed by atoms with Crippen LogP contribution in [0.1, 0.15) is 26.3 Å². The SMILES string of the molecule is CC(C)(C)c1cc2c(=O)c3ccc4ccc5ccc6ccc7c(=O)c(c1)c2n1c3c4c5c6c71. The average Bonchev–Trinajstić information content (AvgIpc) is 2.81. The maximum atomic E-state index is 13.9. The molecule has 0 amide bonds. The van der Waals surface area contributed by atoms with Crippen LogP contribution in [0.3, 0.4) is 0 Å². The third-order valence-corrected chi connectivity index (χ3v) is 7.72. The minimum absolute atomic E-state index is 0.00492. The van der Waals surface area contributed by atoms with E-state index in [1.165, 1.54) is 0 Å². The molecule has 0 atom stereocenters. The lowest BCUT2D eigenvalue weighted by atomic mass is 9.84. The Morgan fingerprint density at radius 3 is 1.42 bits per heavy atom. The molecule has 0 fully saturated rings. The Hall–Kier alpha value is -3.98. The smallest absolute Gasteiger partial charge is 0.197 e. The number of hydrogen-bond donors (Lipinski definition) is 0. The molecule has 0 radical (unpaired) electrons. The van der Waals surface area contributed by atoms with E-state index >= 15 is 0 Å². The summed E-state index contributed by atoms with van der Waals surface area (Å²) in [5.41, 5.74) is 3.45. The molecule has 3 heteroatoms. The van der Waals surface area contributed by atoms with Crippen LogP contribution in [0, 0.1) is 0 Å². The second kappa shape index (κ2) is 5.15. The fourth-order valence-corrected chi connectivity index (χ4v) is 6.12. The molecular weight excluding hydrogens is 406 g/mol. The Morgan fingerprint density at radius 1 is 0.545 bits per heavy atom. The second-order valence-corrected chi connectivity index (χ2v) is 10.5. The van der Waals surface area contributed by atoms with Gasteiger partial charge in [-0.2, -0.15) is 0 Å². The molecule has 0 aliphatic carbocycles. The highest BCUT2D eigenvalue weighted by Gasteiger charge is 2.26. The first-order chi connectivity index (χ1) is 15.8. The Labute approximate surface area is 187 Å². The predicted octanol–water partition coefficient (Wildman–Crippen LogP) is 6.63. The molecule has 0 unspecified atom stereocenters. The summed E-state index contributed by atoms with van der Waals surface area (Å²) in [5, 5.41) is 9.43. The minimum Gasteiger partial charge on any atom is -0.306 e. The molecule has 8 aromatic rings. The molecule has 0 saturated heterocycles. The number of aromatic nitrogens is 1. The van der Waals surface area contributed by atoms with Crippen molar-refractivity contribution in [3.63, 3.8) is 0 Å². The van der Waals surface area contributed by atoms with Gasteiger partial charge in [-0.05, 0) is 51.4 Å². The molecule has 0 spiro atoms. The van der Waals surface area contributed by atoms with Gasteiger partial charge in [0.25, 0.3) is 0 Å². The van der Waals surface area contributed by atoms with Crippen molar-refractivity contribution in [3.05, 3.63) is 86.7 Å². The van der Waals surface area contributed by atoms with Crippen LogP contribution in [0.5, 0.6) is 0 Å². The molecule has 0 aliphatic rings. The van der Waals surface area contributed by atoms with Gasteiger partial charge in [0.15, 0.2) is 10.9 Å². The topological polar surface area (TPSA) is 38.5 Å². The molecule has 0 bridgehead atoms. The van der Waals surface area contributed by atoms with Crippen LogP contribution in [0.2, 0.25) is 0 Å². The Bertz CT molecular complexity index is 2050. The molecule has 0 aliphatic heterocycles. The van der Waals surface area contributed by atoms with Crippen LogP contribution in [-0.4, -0.2) is 4.40 Å². The van der Waals surface area contributed by atoms with Crippen molar-refractivity contribution in [3.8, 4) is 0 Å². The Morgan fingerprint density at radius 2 is 0.970 bits per heavy atom. The highest BCUT2D eigenvalue weighted by atomic mass is 16.1.